The van der Waals surface area contributed by atoms with E-state index in [0.29, 0.717) is 42.3 Å². The molecule has 0 radical (unpaired) electrons. The Morgan fingerprint density at radius 3 is 2.78 bits per heavy atom. The third-order valence-corrected chi connectivity index (χ3v) is 3.89. The number of halogens is 1. The maximum atomic E-state index is 12.4. The van der Waals surface area contributed by atoms with Gasteiger partial charge in [0.2, 0.25) is 0 Å². The zero-order valence-electron chi connectivity index (χ0n) is 12.7. The van der Waals surface area contributed by atoms with Crippen molar-refractivity contribution in [3.8, 4) is 0 Å². The number of carboxylic acids is 1. The van der Waals surface area contributed by atoms with E-state index in [-0.39, 0.29) is 18.4 Å². The van der Waals surface area contributed by atoms with E-state index in [4.69, 9.17) is 16.7 Å². The second-order valence-electron chi connectivity index (χ2n) is 5.27. The molecule has 8 heteroatoms. The van der Waals surface area contributed by atoms with Crippen molar-refractivity contribution < 1.29 is 19.5 Å². The molecule has 2 rings (SSSR count). The Labute approximate surface area is 138 Å². The van der Waals surface area contributed by atoms with Gasteiger partial charge in [0, 0.05) is 38.7 Å². The number of aliphatic carboxylic acids is 1. The minimum absolute atomic E-state index is 0.0113. The summed E-state index contributed by atoms with van der Waals surface area (Å²) in [7, 11) is 1.61. The molecule has 0 spiro atoms. The van der Waals surface area contributed by atoms with Gasteiger partial charge in [-0.3, -0.25) is 14.5 Å². The molecule has 0 unspecified atom stereocenters. The molecule has 7 nitrogen and oxygen atoms in total. The molecule has 1 aliphatic heterocycles. The van der Waals surface area contributed by atoms with Gasteiger partial charge >= 0.3 is 12.0 Å². The monoisotopic (exact) mass is 339 g/mol. The molecule has 2 N–H and O–H groups in total. The lowest BCUT2D eigenvalue weighted by Gasteiger charge is -2.20. The summed E-state index contributed by atoms with van der Waals surface area (Å²) < 4.78 is 0. The van der Waals surface area contributed by atoms with E-state index < -0.39 is 5.97 Å². The summed E-state index contributed by atoms with van der Waals surface area (Å²) >= 11 is 6.13. The number of urea groups is 1. The molecule has 1 aromatic rings. The average Bonchev–Trinajstić information content (AvgIpc) is 2.92. The molecular formula is C15H18ClN3O4. The first-order valence-corrected chi connectivity index (χ1v) is 7.60. The predicted octanol–water partition coefficient (Wildman–Crippen LogP) is 1.81. The van der Waals surface area contributed by atoms with Crippen molar-refractivity contribution >= 4 is 35.2 Å². The minimum atomic E-state index is -0.889. The Kier molecular flexibility index (Phi) is 5.44. The summed E-state index contributed by atoms with van der Waals surface area (Å²) in [5.74, 6) is -1.13. The van der Waals surface area contributed by atoms with Crippen LogP contribution in [0.4, 0.5) is 10.5 Å². The van der Waals surface area contributed by atoms with Crippen LogP contribution in [0.5, 0.6) is 0 Å². The Hall–Kier alpha value is -2.28. The van der Waals surface area contributed by atoms with Gasteiger partial charge in [0.15, 0.2) is 0 Å². The van der Waals surface area contributed by atoms with E-state index in [1.54, 1.807) is 25.2 Å². The topological polar surface area (TPSA) is 90.0 Å². The lowest BCUT2D eigenvalue weighted by atomic mass is 10.1. The fraction of sp³-hybridized carbons (Fsp3) is 0.400. The molecule has 1 aliphatic rings. The number of carboxylic acid groups (broad SMARTS) is 1. The number of anilines is 1. The quantitative estimate of drug-likeness (QED) is 0.827. The van der Waals surface area contributed by atoms with Crippen LogP contribution in [0.3, 0.4) is 0 Å². The van der Waals surface area contributed by atoms with Crippen molar-refractivity contribution in [2.75, 3.05) is 31.6 Å². The third-order valence-electron chi connectivity index (χ3n) is 3.57. The zero-order chi connectivity index (χ0) is 17.0. The van der Waals surface area contributed by atoms with Gasteiger partial charge in [-0.2, -0.15) is 0 Å². The van der Waals surface area contributed by atoms with Crippen LogP contribution in [0, 0.1) is 0 Å². The number of hydrogen-bond donors (Lipinski definition) is 2. The highest BCUT2D eigenvalue weighted by Crippen LogP contribution is 2.28. The van der Waals surface area contributed by atoms with Gasteiger partial charge in [-0.25, -0.2) is 4.79 Å². The Morgan fingerprint density at radius 1 is 1.43 bits per heavy atom. The van der Waals surface area contributed by atoms with Crippen LogP contribution < -0.4 is 10.2 Å². The highest BCUT2D eigenvalue weighted by Gasteiger charge is 2.24. The standard InChI is InChI=1S/C15H18ClN3O4/c1-18(7-2-3-13(20)21)14(22)10-4-5-11(16)12(9-10)19-8-6-17-15(19)23/h4-5,9H,2-3,6-8H2,1H3,(H,17,23)(H,20,21). The smallest absolute Gasteiger partial charge is 0.322 e. The Bertz CT molecular complexity index is 635. The molecular weight excluding hydrogens is 322 g/mol. The van der Waals surface area contributed by atoms with E-state index in [9.17, 15) is 14.4 Å². The van der Waals surface area contributed by atoms with Crippen LogP contribution >= 0.6 is 11.6 Å². The molecule has 1 saturated heterocycles. The summed E-state index contributed by atoms with van der Waals surface area (Å²) in [5, 5.41) is 11.7. The maximum absolute atomic E-state index is 12.4. The van der Waals surface area contributed by atoms with Crippen LogP contribution in [0.15, 0.2) is 18.2 Å². The van der Waals surface area contributed by atoms with E-state index in [0.717, 1.165) is 0 Å². The largest absolute Gasteiger partial charge is 0.481 e. The van der Waals surface area contributed by atoms with Crippen LogP contribution in [-0.2, 0) is 4.79 Å². The van der Waals surface area contributed by atoms with Crippen LogP contribution in [0.25, 0.3) is 0 Å². The first kappa shape index (κ1) is 17.1. The van der Waals surface area contributed by atoms with Crippen molar-refractivity contribution in [1.82, 2.24) is 10.2 Å². The normalized spacial score (nSPS) is 13.8. The lowest BCUT2D eigenvalue weighted by molar-refractivity contribution is -0.137. The molecule has 0 bridgehead atoms. The van der Waals surface area contributed by atoms with Crippen molar-refractivity contribution in [3.05, 3.63) is 28.8 Å². The van der Waals surface area contributed by atoms with Crippen molar-refractivity contribution in [3.63, 3.8) is 0 Å². The number of nitrogens with zero attached hydrogens (tertiary/aromatic N) is 2. The number of carbonyl (C=O) groups excluding carboxylic acids is 2. The summed E-state index contributed by atoms with van der Waals surface area (Å²) in [6.45, 7) is 1.36. The van der Waals surface area contributed by atoms with Gasteiger partial charge in [0.05, 0.1) is 10.7 Å². The van der Waals surface area contributed by atoms with Gasteiger partial charge in [-0.15, -0.1) is 0 Å². The Morgan fingerprint density at radius 2 is 2.17 bits per heavy atom. The van der Waals surface area contributed by atoms with Gasteiger partial charge in [-0.1, -0.05) is 11.6 Å². The van der Waals surface area contributed by atoms with Crippen LogP contribution in [0.1, 0.15) is 23.2 Å². The number of rotatable bonds is 6. The number of benzene rings is 1. The maximum Gasteiger partial charge on any atom is 0.322 e. The molecule has 124 valence electrons. The van der Waals surface area contributed by atoms with Crippen molar-refractivity contribution in [2.24, 2.45) is 0 Å². The van der Waals surface area contributed by atoms with E-state index >= 15 is 0 Å². The third kappa shape index (κ3) is 4.13. The van der Waals surface area contributed by atoms with E-state index in [2.05, 4.69) is 5.32 Å². The van der Waals surface area contributed by atoms with Gasteiger partial charge < -0.3 is 15.3 Å². The highest BCUT2D eigenvalue weighted by molar-refractivity contribution is 6.34. The van der Waals surface area contributed by atoms with Crippen LogP contribution in [-0.4, -0.2) is 54.6 Å². The highest BCUT2D eigenvalue weighted by atomic mass is 35.5. The number of hydrogen-bond acceptors (Lipinski definition) is 3. The fourth-order valence-corrected chi connectivity index (χ4v) is 2.56. The second-order valence-corrected chi connectivity index (χ2v) is 5.68. The molecule has 1 heterocycles. The number of nitrogens with one attached hydrogen (secondary N) is 1. The summed E-state index contributed by atoms with van der Waals surface area (Å²) in [6, 6.07) is 4.52. The lowest BCUT2D eigenvalue weighted by Crippen LogP contribution is -2.30. The summed E-state index contributed by atoms with van der Waals surface area (Å²) in [4.78, 5) is 37.6. The number of amides is 3. The number of carbonyl (C=O) groups is 3. The second kappa shape index (κ2) is 7.32. The molecule has 1 aromatic carbocycles. The first-order valence-electron chi connectivity index (χ1n) is 7.22. The SMILES string of the molecule is CN(CCCC(=O)O)C(=O)c1ccc(Cl)c(N2CCNC2=O)c1. The summed E-state index contributed by atoms with van der Waals surface area (Å²) in [6.07, 6.45) is 0.393. The van der Waals surface area contributed by atoms with Crippen molar-refractivity contribution in [1.29, 1.82) is 0 Å². The molecule has 0 atom stereocenters. The predicted molar refractivity (Wildman–Crippen MR) is 86.0 cm³/mol. The molecule has 0 aromatic heterocycles. The van der Waals surface area contributed by atoms with Crippen molar-refractivity contribution in [2.45, 2.75) is 12.8 Å². The first-order chi connectivity index (χ1) is 10.9. The van der Waals surface area contributed by atoms with Gasteiger partial charge in [0.25, 0.3) is 5.91 Å². The minimum Gasteiger partial charge on any atom is -0.481 e. The van der Waals surface area contributed by atoms with E-state index in [1.165, 1.54) is 9.80 Å². The van der Waals surface area contributed by atoms with Crippen LogP contribution in [0.2, 0.25) is 5.02 Å². The molecule has 3 amide bonds. The zero-order valence-corrected chi connectivity index (χ0v) is 13.5. The van der Waals surface area contributed by atoms with E-state index in [1.807, 2.05) is 0 Å². The van der Waals surface area contributed by atoms with Gasteiger partial charge in [0.1, 0.15) is 0 Å². The average molecular weight is 340 g/mol. The fourth-order valence-electron chi connectivity index (χ4n) is 2.34. The molecule has 0 aliphatic carbocycles. The Balaban J connectivity index is 2.11. The molecule has 1 fully saturated rings. The molecule has 23 heavy (non-hydrogen) atoms. The summed E-state index contributed by atoms with van der Waals surface area (Å²) in [5.41, 5.74) is 0.897. The van der Waals surface area contributed by atoms with Gasteiger partial charge in [-0.05, 0) is 24.6 Å². The molecule has 0 saturated carbocycles.